The van der Waals surface area contributed by atoms with Gasteiger partial charge in [-0.05, 0) is 24.5 Å². The second kappa shape index (κ2) is 7.70. The van der Waals surface area contributed by atoms with E-state index in [1.807, 2.05) is 30.7 Å². The molecule has 1 aliphatic heterocycles. The Morgan fingerprint density at radius 1 is 1.15 bits per heavy atom. The molecule has 0 bridgehead atoms. The monoisotopic (exact) mass is 382 g/mol. The van der Waals surface area contributed by atoms with Crippen molar-refractivity contribution in [2.24, 2.45) is 0 Å². The number of pyridine rings is 1. The lowest BCUT2D eigenvalue weighted by Crippen LogP contribution is -2.31. The first-order valence-corrected chi connectivity index (χ1v) is 10.1. The number of ether oxygens (including phenoxy) is 2. The highest BCUT2D eigenvalue weighted by atomic mass is 32.2. The van der Waals surface area contributed by atoms with Gasteiger partial charge in [0.1, 0.15) is 5.75 Å². The van der Waals surface area contributed by atoms with Gasteiger partial charge in [0.2, 0.25) is 5.88 Å². The predicted octanol–water partition coefficient (Wildman–Crippen LogP) is 3.32. The molecule has 0 unspecified atom stereocenters. The van der Waals surface area contributed by atoms with E-state index in [0.717, 1.165) is 53.4 Å². The van der Waals surface area contributed by atoms with Crippen molar-refractivity contribution in [3.8, 4) is 11.6 Å². The van der Waals surface area contributed by atoms with Crippen LogP contribution in [0.2, 0.25) is 0 Å². The summed E-state index contributed by atoms with van der Waals surface area (Å²) in [6, 6.07) is 8.08. The highest BCUT2D eigenvalue weighted by Gasteiger charge is 2.20. The van der Waals surface area contributed by atoms with E-state index >= 15 is 0 Å². The molecule has 27 heavy (non-hydrogen) atoms. The van der Waals surface area contributed by atoms with Crippen LogP contribution in [0.1, 0.15) is 16.8 Å². The van der Waals surface area contributed by atoms with Gasteiger partial charge in [0.15, 0.2) is 5.16 Å². The van der Waals surface area contributed by atoms with E-state index in [2.05, 4.69) is 25.9 Å². The molecule has 3 aromatic rings. The van der Waals surface area contributed by atoms with Gasteiger partial charge in [-0.25, -0.2) is 15.0 Å². The van der Waals surface area contributed by atoms with Crippen LogP contribution in [0, 0.1) is 0 Å². The van der Waals surface area contributed by atoms with Gasteiger partial charge in [0.25, 0.3) is 0 Å². The number of hydrogen-bond acceptors (Lipinski definition) is 7. The molecule has 0 amide bonds. The Hall–Kier alpha value is -2.38. The first-order chi connectivity index (χ1) is 13.2. The van der Waals surface area contributed by atoms with E-state index in [1.165, 1.54) is 11.3 Å². The van der Waals surface area contributed by atoms with Gasteiger partial charge in [0, 0.05) is 54.8 Å². The Balaban J connectivity index is 1.59. The second-order valence-electron chi connectivity index (χ2n) is 6.50. The first-order valence-electron chi connectivity index (χ1n) is 8.83. The van der Waals surface area contributed by atoms with Crippen molar-refractivity contribution >= 4 is 22.7 Å². The van der Waals surface area contributed by atoms with Crippen LogP contribution in [0.15, 0.2) is 35.6 Å². The molecule has 0 spiro atoms. The largest absolute Gasteiger partial charge is 0.497 e. The third kappa shape index (κ3) is 3.70. The summed E-state index contributed by atoms with van der Waals surface area (Å²) in [4.78, 5) is 16.1. The maximum absolute atomic E-state index is 5.56. The summed E-state index contributed by atoms with van der Waals surface area (Å²) < 4.78 is 10.9. The molecular weight excluding hydrogens is 360 g/mol. The fourth-order valence-electron chi connectivity index (χ4n) is 3.42. The summed E-state index contributed by atoms with van der Waals surface area (Å²) >= 11 is 1.58. The summed E-state index contributed by atoms with van der Waals surface area (Å²) in [6.45, 7) is 2.58. The van der Waals surface area contributed by atoms with Crippen LogP contribution in [0.5, 0.6) is 11.6 Å². The Kier molecular flexibility index (Phi) is 5.13. The molecular formula is C20H22N4O2S. The van der Waals surface area contributed by atoms with Crippen molar-refractivity contribution in [3.05, 3.63) is 47.3 Å². The summed E-state index contributed by atoms with van der Waals surface area (Å²) in [5.74, 6) is 1.46. The topological polar surface area (TPSA) is 60.4 Å². The minimum absolute atomic E-state index is 0.663. The third-order valence-electron chi connectivity index (χ3n) is 4.82. The first kappa shape index (κ1) is 18.0. The van der Waals surface area contributed by atoms with E-state index in [0.29, 0.717) is 5.88 Å². The minimum Gasteiger partial charge on any atom is -0.497 e. The van der Waals surface area contributed by atoms with Gasteiger partial charge in [-0.2, -0.15) is 0 Å². The summed E-state index contributed by atoms with van der Waals surface area (Å²) in [7, 11) is 3.33. The zero-order chi connectivity index (χ0) is 18.8. The number of hydrogen-bond donors (Lipinski definition) is 0. The average molecular weight is 382 g/mol. The zero-order valence-electron chi connectivity index (χ0n) is 15.7. The Morgan fingerprint density at radius 2 is 2.04 bits per heavy atom. The van der Waals surface area contributed by atoms with Crippen LogP contribution < -0.4 is 9.47 Å². The lowest BCUT2D eigenvalue weighted by atomic mass is 10.1. The van der Waals surface area contributed by atoms with Crippen LogP contribution in [0.3, 0.4) is 0 Å². The van der Waals surface area contributed by atoms with Crippen LogP contribution in [-0.4, -0.2) is 46.9 Å². The van der Waals surface area contributed by atoms with E-state index in [-0.39, 0.29) is 0 Å². The highest BCUT2D eigenvalue weighted by Crippen LogP contribution is 2.28. The number of nitrogens with zero attached hydrogens (tertiary/aromatic N) is 4. The van der Waals surface area contributed by atoms with Gasteiger partial charge < -0.3 is 9.47 Å². The van der Waals surface area contributed by atoms with Crippen molar-refractivity contribution in [1.29, 1.82) is 0 Å². The van der Waals surface area contributed by atoms with Gasteiger partial charge >= 0.3 is 0 Å². The molecule has 2 aromatic heterocycles. The second-order valence-corrected chi connectivity index (χ2v) is 7.28. The molecule has 0 saturated carbocycles. The quantitative estimate of drug-likeness (QED) is 0.495. The van der Waals surface area contributed by atoms with Crippen LogP contribution in [0.4, 0.5) is 0 Å². The molecule has 0 aliphatic carbocycles. The van der Waals surface area contributed by atoms with Crippen LogP contribution in [0.25, 0.3) is 10.9 Å². The van der Waals surface area contributed by atoms with Crippen molar-refractivity contribution in [3.63, 3.8) is 0 Å². The van der Waals surface area contributed by atoms with Gasteiger partial charge in [-0.1, -0.05) is 11.8 Å². The Bertz CT molecular complexity index is 980. The van der Waals surface area contributed by atoms with E-state index in [9.17, 15) is 0 Å². The van der Waals surface area contributed by atoms with Gasteiger partial charge in [-0.15, -0.1) is 0 Å². The van der Waals surface area contributed by atoms with Crippen LogP contribution in [-0.2, 0) is 19.5 Å². The molecule has 4 rings (SSSR count). The summed E-state index contributed by atoms with van der Waals surface area (Å²) in [5.41, 5.74) is 4.33. The van der Waals surface area contributed by atoms with Crippen molar-refractivity contribution < 1.29 is 9.47 Å². The van der Waals surface area contributed by atoms with E-state index in [4.69, 9.17) is 9.47 Å². The number of methoxy groups -OCH3 is 2. The average Bonchev–Trinajstić information content (AvgIpc) is 2.72. The molecule has 1 aliphatic rings. The maximum Gasteiger partial charge on any atom is 0.218 e. The maximum atomic E-state index is 5.56. The molecule has 0 saturated heterocycles. The Labute approximate surface area is 162 Å². The minimum atomic E-state index is 0.663. The number of fused-ring (bicyclic) bond motifs is 2. The highest BCUT2D eigenvalue weighted by molar-refractivity contribution is 7.98. The standard InChI is InChI=1S/C20H22N4O2S/c1-25-16-5-4-13-8-14(19(26-2)22-18(13)9-16)11-24-7-6-17-15(12-24)10-21-20(23-17)27-3/h4-5,8-10H,6-7,11-12H2,1-3H3. The lowest BCUT2D eigenvalue weighted by molar-refractivity contribution is 0.237. The van der Waals surface area contributed by atoms with Crippen molar-refractivity contribution in [2.75, 3.05) is 27.0 Å². The molecule has 0 fully saturated rings. The molecule has 1 aromatic carbocycles. The number of thioether (sulfide) groups is 1. The summed E-state index contributed by atoms with van der Waals surface area (Å²) in [5, 5.41) is 1.93. The summed E-state index contributed by atoms with van der Waals surface area (Å²) in [6.07, 6.45) is 4.90. The number of benzene rings is 1. The van der Waals surface area contributed by atoms with E-state index < -0.39 is 0 Å². The lowest BCUT2D eigenvalue weighted by Gasteiger charge is -2.28. The predicted molar refractivity (Wildman–Crippen MR) is 106 cm³/mol. The fourth-order valence-corrected chi connectivity index (χ4v) is 3.78. The molecule has 140 valence electrons. The smallest absolute Gasteiger partial charge is 0.218 e. The molecule has 0 N–H and O–H groups in total. The third-order valence-corrected chi connectivity index (χ3v) is 5.39. The molecule has 3 heterocycles. The Morgan fingerprint density at radius 3 is 2.81 bits per heavy atom. The fraction of sp³-hybridized carbons (Fsp3) is 0.350. The molecule has 7 heteroatoms. The SMILES string of the molecule is COc1ccc2cc(CN3CCc4nc(SC)ncc4C3)c(OC)nc2c1. The zero-order valence-corrected chi connectivity index (χ0v) is 16.5. The van der Waals surface area contributed by atoms with Crippen molar-refractivity contribution in [1.82, 2.24) is 19.9 Å². The van der Waals surface area contributed by atoms with Gasteiger partial charge in [-0.3, -0.25) is 4.90 Å². The number of aromatic nitrogens is 3. The molecule has 0 atom stereocenters. The van der Waals surface area contributed by atoms with Crippen LogP contribution >= 0.6 is 11.8 Å². The normalized spacial score (nSPS) is 14.2. The van der Waals surface area contributed by atoms with E-state index in [1.54, 1.807) is 26.0 Å². The van der Waals surface area contributed by atoms with Crippen molar-refractivity contribution in [2.45, 2.75) is 24.7 Å². The van der Waals surface area contributed by atoms with Gasteiger partial charge in [0.05, 0.1) is 25.4 Å². The molecule has 0 radical (unpaired) electrons. The molecule has 6 nitrogen and oxygen atoms in total. The number of rotatable bonds is 5.